The summed E-state index contributed by atoms with van der Waals surface area (Å²) >= 11 is 0. The Morgan fingerprint density at radius 1 is 0.800 bits per heavy atom. The van der Waals surface area contributed by atoms with Crippen LogP contribution in [-0.4, -0.2) is 87.1 Å². The Labute approximate surface area is 129 Å². The molecule has 0 aliphatic carbocycles. The molecule has 0 unspecified atom stereocenters. The average molecular weight is 306 g/mol. The molecule has 0 aliphatic rings. The van der Waals surface area contributed by atoms with Crippen LogP contribution in [-0.2, 0) is 27.5 Å². The number of phosphoric acid groups is 2. The molecule has 0 radical (unpaired) electrons. The Morgan fingerprint density at radius 2 is 1.00 bits per heavy atom. The van der Waals surface area contributed by atoms with E-state index in [1.54, 1.807) is 0 Å². The van der Waals surface area contributed by atoms with E-state index in [1.807, 2.05) is 0 Å². The molecule has 0 aromatic rings. The number of hydrogen-bond donors (Lipinski definition) is 4. The van der Waals surface area contributed by atoms with E-state index >= 15 is 0 Å². The van der Waals surface area contributed by atoms with Gasteiger partial charge in [-0.05, 0) is 0 Å². The van der Waals surface area contributed by atoms with Crippen molar-refractivity contribution >= 4 is 85.2 Å². The zero-order chi connectivity index (χ0) is 10.9. The molecule has 0 heterocycles. The van der Waals surface area contributed by atoms with Crippen molar-refractivity contribution in [1.82, 2.24) is 0 Å². The second kappa shape index (κ2) is 7.57. The Bertz CT molecular complexity index is 327. The second-order valence-corrected chi connectivity index (χ2v) is 5.51. The minimum absolute atomic E-state index is 0. The molecule has 0 spiro atoms. The van der Waals surface area contributed by atoms with Crippen LogP contribution in [0.4, 0.5) is 0 Å². The number of hydrogen-bond acceptors (Lipinski definition) is 6. The van der Waals surface area contributed by atoms with Crippen LogP contribution >= 0.6 is 15.6 Å². The van der Waals surface area contributed by atoms with Crippen LogP contribution < -0.4 is 0 Å². The van der Waals surface area contributed by atoms with Crippen molar-refractivity contribution in [2.24, 2.45) is 0 Å². The average Bonchev–Trinajstić information content (AvgIpc) is 1.43. The van der Waals surface area contributed by atoms with E-state index < -0.39 is 26.0 Å². The fourth-order valence-electron chi connectivity index (χ4n) is 0.251. The summed E-state index contributed by atoms with van der Waals surface area (Å²) in [6, 6.07) is 0. The van der Waals surface area contributed by atoms with Crippen LogP contribution in [0.5, 0.6) is 0 Å². The van der Waals surface area contributed by atoms with Gasteiger partial charge in [-0.3, -0.25) is 0 Å². The first-order valence-electron chi connectivity index (χ1n) is 2.20. The normalized spacial score (nSPS) is 12.5. The Balaban J connectivity index is -0.000000720. The van der Waals surface area contributed by atoms with Gasteiger partial charge in [-0.15, -0.1) is 7.94 Å². The first kappa shape index (κ1) is 22.4. The monoisotopic (exact) mass is 306 g/mol. The van der Waals surface area contributed by atoms with Gasteiger partial charge in [-0.1, -0.05) is 0 Å². The molecule has 0 fully saturated rings. The fourth-order valence-corrected chi connectivity index (χ4v) is 2.51. The third-order valence-electron chi connectivity index (χ3n) is 0.377. The zero-order valence-electron chi connectivity index (χ0n) is 5.54. The second-order valence-electron chi connectivity index (χ2n) is 1.54. The molecule has 0 aromatic carbocycles. The van der Waals surface area contributed by atoms with Gasteiger partial charge in [0, 0.05) is 0 Å². The van der Waals surface area contributed by atoms with E-state index in [9.17, 15) is 17.5 Å². The van der Waals surface area contributed by atoms with E-state index in [0.717, 1.165) is 0 Å². The van der Waals surface area contributed by atoms with Crippen LogP contribution in [0.2, 0.25) is 0 Å². The molecular formula is H6Na2O10P2S. The molecule has 0 rings (SSSR count). The van der Waals surface area contributed by atoms with Gasteiger partial charge in [0.1, 0.15) is 0 Å². The molecule has 0 atom stereocenters. The molecule has 84 valence electrons. The minimum atomic E-state index is -5.43. The maximum atomic E-state index is 10.2. The third-order valence-corrected chi connectivity index (χ3v) is 3.39. The van der Waals surface area contributed by atoms with E-state index in [1.165, 1.54) is 0 Å². The van der Waals surface area contributed by atoms with Crippen LogP contribution in [0.25, 0.3) is 0 Å². The summed E-state index contributed by atoms with van der Waals surface area (Å²) in [5.74, 6) is 0. The van der Waals surface area contributed by atoms with Crippen molar-refractivity contribution in [3.63, 3.8) is 0 Å². The van der Waals surface area contributed by atoms with Crippen molar-refractivity contribution in [2.45, 2.75) is 0 Å². The summed E-state index contributed by atoms with van der Waals surface area (Å²) in [5, 5.41) is 0. The van der Waals surface area contributed by atoms with E-state index in [2.05, 4.69) is 7.94 Å². The molecule has 15 heteroatoms. The van der Waals surface area contributed by atoms with Gasteiger partial charge < -0.3 is 19.6 Å². The van der Waals surface area contributed by atoms with Gasteiger partial charge in [0.05, 0.1) is 0 Å². The van der Waals surface area contributed by atoms with Crippen molar-refractivity contribution < 1.29 is 45.1 Å². The summed E-state index contributed by atoms with van der Waals surface area (Å²) < 4.78 is 46.1. The van der Waals surface area contributed by atoms with Gasteiger partial charge in [0.15, 0.2) is 0 Å². The van der Waals surface area contributed by atoms with Crippen LogP contribution in [0.1, 0.15) is 0 Å². The van der Waals surface area contributed by atoms with Gasteiger partial charge in [0.25, 0.3) is 0 Å². The van der Waals surface area contributed by atoms with Crippen molar-refractivity contribution in [1.29, 1.82) is 0 Å². The van der Waals surface area contributed by atoms with Gasteiger partial charge >= 0.3 is 85.2 Å². The molecule has 4 N–H and O–H groups in total. The molecule has 10 nitrogen and oxygen atoms in total. The van der Waals surface area contributed by atoms with Crippen molar-refractivity contribution in [2.75, 3.05) is 0 Å². The van der Waals surface area contributed by atoms with Gasteiger partial charge in [-0.2, -0.15) is 8.42 Å². The molecule has 15 heavy (non-hydrogen) atoms. The standard InChI is InChI=1S/2Na.H4O10P2S.2H/c;;1-11(2,3)9-13(7,8)10-12(4,5)6;;/h;;(H2,1,2,3)(H2,4,5,6);;. The molecule has 0 amide bonds. The predicted octanol–water partition coefficient (Wildman–Crippen LogP) is -2.85. The molecular weight excluding hydrogens is 300 g/mol. The third kappa shape index (κ3) is 16.2. The number of rotatable bonds is 4. The van der Waals surface area contributed by atoms with Gasteiger partial charge in [-0.25, -0.2) is 9.13 Å². The van der Waals surface area contributed by atoms with E-state index in [-0.39, 0.29) is 59.1 Å². The molecule has 0 aromatic heterocycles. The molecule has 0 bridgehead atoms. The van der Waals surface area contributed by atoms with Crippen LogP contribution in [0.3, 0.4) is 0 Å². The Hall–Kier alpha value is 2.17. The summed E-state index contributed by atoms with van der Waals surface area (Å²) in [6.45, 7) is 0. The van der Waals surface area contributed by atoms with Crippen LogP contribution in [0, 0.1) is 0 Å². The van der Waals surface area contributed by atoms with E-state index in [4.69, 9.17) is 19.6 Å². The van der Waals surface area contributed by atoms with Gasteiger partial charge in [0.2, 0.25) is 0 Å². The molecule has 0 aliphatic heterocycles. The SMILES string of the molecule is O=P(O)(O)OS(=O)(=O)OP(=O)(O)O.[NaH].[NaH]. The van der Waals surface area contributed by atoms with Crippen molar-refractivity contribution in [3.05, 3.63) is 0 Å². The summed E-state index contributed by atoms with van der Waals surface area (Å²) in [5.41, 5.74) is 0. The fraction of sp³-hybridized carbons (Fsp3) is 0. The van der Waals surface area contributed by atoms with Crippen LogP contribution in [0.15, 0.2) is 0 Å². The first-order chi connectivity index (χ1) is 5.41. The van der Waals surface area contributed by atoms with E-state index in [0.29, 0.717) is 0 Å². The van der Waals surface area contributed by atoms with Crippen molar-refractivity contribution in [3.8, 4) is 0 Å². The summed E-state index contributed by atoms with van der Waals surface area (Å²) in [6.07, 6.45) is 0. The Kier molecular flexibility index (Phi) is 11.3. The summed E-state index contributed by atoms with van der Waals surface area (Å²) in [4.78, 5) is 31.7. The maximum absolute atomic E-state index is 10.2. The summed E-state index contributed by atoms with van der Waals surface area (Å²) in [7, 11) is -16.3. The topological polar surface area (TPSA) is 168 Å². The quantitative estimate of drug-likeness (QED) is 0.313. The zero-order valence-corrected chi connectivity index (χ0v) is 8.15. The first-order valence-corrected chi connectivity index (χ1v) is 6.59. The molecule has 0 saturated carbocycles. The Morgan fingerprint density at radius 3 is 1.13 bits per heavy atom. The predicted molar refractivity (Wildman–Crippen MR) is 49.5 cm³/mol. The molecule has 0 saturated heterocycles.